The highest BCUT2D eigenvalue weighted by Gasteiger charge is 2.18. The zero-order chi connectivity index (χ0) is 42.1. The van der Waals surface area contributed by atoms with Crippen molar-refractivity contribution in [2.75, 3.05) is 33.7 Å². The molecule has 1 unspecified atom stereocenters. The third-order valence-electron chi connectivity index (χ3n) is 11.8. The van der Waals surface area contributed by atoms with Gasteiger partial charge in [-0.1, -0.05) is 203 Å². The Morgan fingerprint density at radius 1 is 0.345 bits per heavy atom. The van der Waals surface area contributed by atoms with Crippen LogP contribution in [0.25, 0.3) is 0 Å². The molecule has 0 aliphatic heterocycles. The molecule has 0 saturated carbocycles. The van der Waals surface area contributed by atoms with Crippen molar-refractivity contribution in [3.05, 3.63) is 73.4 Å². The van der Waals surface area contributed by atoms with Crippen LogP contribution in [0, 0.1) is 0 Å². The number of rotatable bonds is 47. The predicted octanol–water partition coefficient (Wildman–Crippen LogP) is 18.3. The summed E-state index contributed by atoms with van der Waals surface area (Å²) >= 11 is 0. The fraction of sp³-hybridized carbons (Fsp3) is 0.786. The van der Waals surface area contributed by atoms with Crippen molar-refractivity contribution in [3.63, 3.8) is 0 Å². The van der Waals surface area contributed by atoms with Gasteiger partial charge in [-0.2, -0.15) is 0 Å². The van der Waals surface area contributed by atoms with Gasteiger partial charge in [0.05, 0.1) is 0 Å². The molecule has 0 amide bonds. The maximum Gasteiger partial charge on any atom is 0.00952 e. The van der Waals surface area contributed by atoms with E-state index in [2.05, 4.69) is 105 Å². The van der Waals surface area contributed by atoms with E-state index in [0.29, 0.717) is 0 Å². The van der Waals surface area contributed by atoms with E-state index in [4.69, 9.17) is 0 Å². The molecule has 0 aromatic carbocycles. The van der Waals surface area contributed by atoms with Gasteiger partial charge in [0.15, 0.2) is 0 Å². The van der Waals surface area contributed by atoms with E-state index in [1.54, 1.807) is 0 Å². The largest absolute Gasteiger partial charge is 0.309 e. The molecule has 0 aliphatic rings. The highest BCUT2D eigenvalue weighted by Crippen LogP contribution is 2.21. The Hall–Kier alpha value is -1.64. The zero-order valence-corrected chi connectivity index (χ0v) is 40.1. The molecule has 2 heteroatoms. The van der Waals surface area contributed by atoms with Crippen molar-refractivity contribution in [2.45, 2.75) is 251 Å². The summed E-state index contributed by atoms with van der Waals surface area (Å²) in [6, 6.07) is 0.785. The van der Waals surface area contributed by atoms with Gasteiger partial charge < -0.3 is 9.80 Å². The van der Waals surface area contributed by atoms with Gasteiger partial charge in [0, 0.05) is 6.04 Å². The van der Waals surface area contributed by atoms with Crippen LogP contribution >= 0.6 is 0 Å². The van der Waals surface area contributed by atoms with Crippen molar-refractivity contribution in [1.29, 1.82) is 0 Å². The molecule has 58 heavy (non-hydrogen) atoms. The van der Waals surface area contributed by atoms with Crippen molar-refractivity contribution < 1.29 is 0 Å². The van der Waals surface area contributed by atoms with Crippen molar-refractivity contribution >= 4 is 0 Å². The topological polar surface area (TPSA) is 6.48 Å². The molecule has 0 aromatic rings. The molecule has 1 atom stereocenters. The van der Waals surface area contributed by atoms with Crippen LogP contribution in [0.3, 0.4) is 0 Å². The summed E-state index contributed by atoms with van der Waals surface area (Å²) < 4.78 is 0. The summed E-state index contributed by atoms with van der Waals surface area (Å²) in [6.45, 7) is 12.2. The Morgan fingerprint density at radius 3 is 1.05 bits per heavy atom. The van der Waals surface area contributed by atoms with E-state index in [-0.39, 0.29) is 0 Å². The van der Waals surface area contributed by atoms with Crippen LogP contribution < -0.4 is 0 Å². The van der Waals surface area contributed by atoms with Crippen LogP contribution in [-0.2, 0) is 0 Å². The van der Waals surface area contributed by atoms with Crippen LogP contribution in [0.15, 0.2) is 73.4 Å². The maximum atomic E-state index is 3.82. The minimum absolute atomic E-state index is 0.785. The summed E-state index contributed by atoms with van der Waals surface area (Å²) in [7, 11) is 4.49. The maximum absolute atomic E-state index is 3.82. The molecule has 0 aliphatic carbocycles. The second kappa shape index (κ2) is 49.7. The van der Waals surface area contributed by atoms with Crippen molar-refractivity contribution in [2.24, 2.45) is 0 Å². The molecule has 0 fully saturated rings. The first-order chi connectivity index (χ1) is 28.7. The van der Waals surface area contributed by atoms with Gasteiger partial charge in [0.2, 0.25) is 0 Å². The average molecular weight is 805 g/mol. The van der Waals surface area contributed by atoms with E-state index >= 15 is 0 Å². The second-order valence-corrected chi connectivity index (χ2v) is 17.9. The van der Waals surface area contributed by atoms with Gasteiger partial charge in [-0.25, -0.2) is 0 Å². The van der Waals surface area contributed by atoms with Crippen LogP contribution in [0.5, 0.6) is 0 Å². The molecular weight excluding hydrogens is 701 g/mol. The summed E-state index contributed by atoms with van der Waals surface area (Å²) in [5, 5.41) is 0. The van der Waals surface area contributed by atoms with E-state index in [0.717, 1.165) is 25.3 Å². The lowest BCUT2D eigenvalue weighted by Gasteiger charge is -2.33. The molecule has 338 valence electrons. The van der Waals surface area contributed by atoms with E-state index in [1.165, 1.54) is 232 Å². The minimum Gasteiger partial charge on any atom is -0.309 e. The van der Waals surface area contributed by atoms with Gasteiger partial charge >= 0.3 is 0 Å². The number of hydrogen-bond acceptors (Lipinski definition) is 2. The quantitative estimate of drug-likeness (QED) is 0.0447. The fourth-order valence-corrected chi connectivity index (χ4v) is 8.08. The van der Waals surface area contributed by atoms with Crippen LogP contribution in [0.2, 0.25) is 0 Å². The molecule has 0 bridgehead atoms. The molecule has 0 N–H and O–H groups in total. The molecule has 0 radical (unpaired) electrons. The Morgan fingerprint density at radius 2 is 0.672 bits per heavy atom. The highest BCUT2D eigenvalue weighted by atomic mass is 15.2. The molecule has 0 heterocycles. The average Bonchev–Trinajstić information content (AvgIpc) is 3.22. The van der Waals surface area contributed by atoms with Gasteiger partial charge in [-0.3, -0.25) is 0 Å². The Bertz CT molecular complexity index is 938. The summed E-state index contributed by atoms with van der Waals surface area (Å²) in [5.41, 5.74) is 0. The number of nitrogens with zero attached hydrogens (tertiary/aromatic N) is 2. The highest BCUT2D eigenvalue weighted by molar-refractivity contribution is 4.93. The Kier molecular flexibility index (Phi) is 48.3. The molecule has 0 aromatic heterocycles. The van der Waals surface area contributed by atoms with Gasteiger partial charge in [0.25, 0.3) is 0 Å². The standard InChI is InChI=1S/C56H104N2/c1-6-9-12-15-18-21-24-26-28-30-32-34-37-40-43-46-49-54-58(55-50-53-57(4)5)56(51-47-44-41-38-35-23-20-17-14-11-8-3)52-48-45-42-39-36-33-31-29-27-25-22-19-16-13-10-7-2/h8,14,17-19,21-22,26-29,56H,3,6-7,9-13,15-16,20,23-25,30-55H2,1-2,4-5H3/b17-14-,21-18-,22-19-,28-26-,29-27-. The van der Waals surface area contributed by atoms with Crippen LogP contribution in [0.4, 0.5) is 0 Å². The fourth-order valence-electron chi connectivity index (χ4n) is 8.08. The monoisotopic (exact) mass is 805 g/mol. The molecule has 0 spiro atoms. The van der Waals surface area contributed by atoms with Crippen LogP contribution in [-0.4, -0.2) is 49.6 Å². The first-order valence-electron chi connectivity index (χ1n) is 25.9. The van der Waals surface area contributed by atoms with E-state index in [1.807, 2.05) is 6.08 Å². The smallest absolute Gasteiger partial charge is 0.00952 e. The van der Waals surface area contributed by atoms with Crippen LogP contribution in [0.1, 0.15) is 245 Å². The second-order valence-electron chi connectivity index (χ2n) is 17.9. The molecular formula is C56H104N2. The lowest BCUT2D eigenvalue weighted by Crippen LogP contribution is -2.38. The molecule has 0 saturated heterocycles. The Labute approximate surface area is 366 Å². The van der Waals surface area contributed by atoms with Gasteiger partial charge in [-0.05, 0) is 143 Å². The van der Waals surface area contributed by atoms with E-state index in [9.17, 15) is 0 Å². The first-order valence-corrected chi connectivity index (χ1v) is 25.9. The van der Waals surface area contributed by atoms with Gasteiger partial charge in [-0.15, -0.1) is 6.58 Å². The lowest BCUT2D eigenvalue weighted by atomic mass is 9.97. The van der Waals surface area contributed by atoms with Crippen molar-refractivity contribution in [1.82, 2.24) is 9.80 Å². The summed E-state index contributed by atoms with van der Waals surface area (Å²) in [5.74, 6) is 0. The molecule has 2 nitrogen and oxygen atoms in total. The first kappa shape index (κ1) is 56.4. The molecule has 0 rings (SSSR count). The minimum atomic E-state index is 0.785. The number of allylic oxidation sites excluding steroid dienone is 11. The Balaban J connectivity index is 4.66. The normalized spacial score (nSPS) is 13.1. The van der Waals surface area contributed by atoms with E-state index < -0.39 is 0 Å². The van der Waals surface area contributed by atoms with Gasteiger partial charge in [0.1, 0.15) is 0 Å². The third-order valence-corrected chi connectivity index (χ3v) is 11.8. The SMILES string of the molecule is C=CC/C=C\CCCCCCCCC(CCCCCCCC/C=C\C/C=C\CCCCC)N(CCCCCCCCC/C=C\C/C=C\CCCCC)CCCN(C)C. The summed E-state index contributed by atoms with van der Waals surface area (Å²) in [6.07, 6.45) is 74.0. The van der Waals surface area contributed by atoms with Crippen molar-refractivity contribution in [3.8, 4) is 0 Å². The number of unbranched alkanes of at least 4 members (excludes halogenated alkanes) is 25. The number of hydrogen-bond donors (Lipinski definition) is 0. The summed E-state index contributed by atoms with van der Waals surface area (Å²) in [4.78, 5) is 5.35. The third kappa shape index (κ3) is 45.4. The predicted molar refractivity (Wildman–Crippen MR) is 267 cm³/mol. The lowest BCUT2D eigenvalue weighted by molar-refractivity contribution is 0.159. The zero-order valence-electron chi connectivity index (χ0n) is 40.1.